The Balaban J connectivity index is 1.75. The molecule has 1 fully saturated rings. The van der Waals surface area contributed by atoms with Crippen LogP contribution in [0.1, 0.15) is 43.6 Å². The molecular formula is C26H29Cl2N3O6S. The number of nitrogens with one attached hydrogen (secondary N) is 2. The molecule has 2 aromatic rings. The second-order valence-corrected chi connectivity index (χ2v) is 12.8. The predicted molar refractivity (Wildman–Crippen MR) is 148 cm³/mol. The molecule has 1 aliphatic rings. The van der Waals surface area contributed by atoms with Gasteiger partial charge in [-0.3, -0.25) is 14.5 Å². The molecule has 3 amide bonds. The van der Waals surface area contributed by atoms with Gasteiger partial charge in [0.25, 0.3) is 5.91 Å². The van der Waals surface area contributed by atoms with Crippen LogP contribution in [0.25, 0.3) is 0 Å². The van der Waals surface area contributed by atoms with E-state index in [4.69, 9.17) is 27.9 Å². The monoisotopic (exact) mass is 581 g/mol. The summed E-state index contributed by atoms with van der Waals surface area (Å²) in [5.74, 6) is -1.74. The Labute approximate surface area is 235 Å². The molecule has 0 saturated carbocycles. The Morgan fingerprint density at radius 2 is 1.63 bits per heavy atom. The molecule has 204 valence electrons. The van der Waals surface area contributed by atoms with Crippen LogP contribution in [0.2, 0.25) is 10.0 Å². The van der Waals surface area contributed by atoms with Gasteiger partial charge >= 0.3 is 12.1 Å². The molecule has 0 unspecified atom stereocenters. The van der Waals surface area contributed by atoms with Crippen LogP contribution in [-0.2, 0) is 20.7 Å². The number of carbonyl (C=O) groups excluding carboxylic acids is 3. The minimum absolute atomic E-state index is 0.0831. The van der Waals surface area contributed by atoms with Gasteiger partial charge < -0.3 is 20.5 Å². The van der Waals surface area contributed by atoms with Gasteiger partial charge in [0.2, 0.25) is 5.91 Å². The van der Waals surface area contributed by atoms with Crippen LogP contribution in [0.4, 0.5) is 10.5 Å². The highest BCUT2D eigenvalue weighted by Gasteiger charge is 2.57. The SMILES string of the molecule is COC(=O)[C@H](Cc1ccc(NC(=O)c2c(Cl)cccc2Cl)cc1)NC(=O)[C@H]1N(C(=O)O)C(C)(C)SC1(C)C. The molecule has 0 radical (unpaired) electrons. The van der Waals surface area contributed by atoms with Gasteiger partial charge in [-0.1, -0.05) is 41.4 Å². The molecule has 3 rings (SSSR count). The Bertz CT molecular complexity index is 1230. The van der Waals surface area contributed by atoms with E-state index >= 15 is 0 Å². The fraction of sp³-hybridized carbons (Fsp3) is 0.385. The highest BCUT2D eigenvalue weighted by Crippen LogP contribution is 2.50. The van der Waals surface area contributed by atoms with Crippen molar-refractivity contribution in [2.45, 2.75) is 55.8 Å². The van der Waals surface area contributed by atoms with Crippen molar-refractivity contribution in [2.24, 2.45) is 0 Å². The van der Waals surface area contributed by atoms with E-state index in [1.807, 2.05) is 0 Å². The van der Waals surface area contributed by atoms with Gasteiger partial charge in [-0.15, -0.1) is 11.8 Å². The Hall–Kier alpha value is -2.95. The molecule has 2 aromatic carbocycles. The molecule has 0 aliphatic carbocycles. The minimum Gasteiger partial charge on any atom is -0.467 e. The molecular weight excluding hydrogens is 553 g/mol. The summed E-state index contributed by atoms with van der Waals surface area (Å²) in [6, 6.07) is 9.33. The zero-order valence-electron chi connectivity index (χ0n) is 21.5. The normalized spacial score (nSPS) is 18.4. The van der Waals surface area contributed by atoms with Gasteiger partial charge in [-0.2, -0.15) is 0 Å². The van der Waals surface area contributed by atoms with Crippen molar-refractivity contribution in [1.29, 1.82) is 0 Å². The van der Waals surface area contributed by atoms with E-state index in [0.717, 1.165) is 4.90 Å². The molecule has 9 nitrogen and oxygen atoms in total. The maximum absolute atomic E-state index is 13.3. The molecule has 12 heteroatoms. The van der Waals surface area contributed by atoms with Crippen molar-refractivity contribution in [1.82, 2.24) is 10.2 Å². The average molecular weight is 583 g/mol. The fourth-order valence-corrected chi connectivity index (χ4v) is 7.06. The molecule has 38 heavy (non-hydrogen) atoms. The quantitative estimate of drug-likeness (QED) is 0.390. The predicted octanol–water partition coefficient (Wildman–Crippen LogP) is 5.06. The van der Waals surface area contributed by atoms with E-state index in [9.17, 15) is 24.3 Å². The van der Waals surface area contributed by atoms with E-state index in [2.05, 4.69) is 10.6 Å². The van der Waals surface area contributed by atoms with E-state index in [1.54, 1.807) is 70.2 Å². The second-order valence-electron chi connectivity index (χ2n) is 9.74. The number of esters is 1. The van der Waals surface area contributed by atoms with Gasteiger partial charge in [0.15, 0.2) is 0 Å². The zero-order chi connectivity index (χ0) is 28.4. The number of halogens is 2. The maximum atomic E-state index is 13.3. The van der Waals surface area contributed by atoms with Crippen LogP contribution in [0.15, 0.2) is 42.5 Å². The summed E-state index contributed by atoms with van der Waals surface area (Å²) in [6.45, 7) is 7.06. The van der Waals surface area contributed by atoms with E-state index in [-0.39, 0.29) is 22.0 Å². The standard InChI is InChI=1S/C26H29Cl2N3O6S/c1-25(2)20(31(24(35)36)26(3,4)38-25)22(33)30-18(23(34)37-5)13-14-9-11-15(12-10-14)29-21(32)19-16(27)7-6-8-17(19)28/h6-12,18,20H,13H2,1-5H3,(H,29,32)(H,30,33)(H,35,36)/t18-,20+/m0/s1. The first-order valence-electron chi connectivity index (χ1n) is 11.6. The van der Waals surface area contributed by atoms with Gasteiger partial charge in [0.05, 0.1) is 27.6 Å². The van der Waals surface area contributed by atoms with Gasteiger partial charge in [0.1, 0.15) is 12.1 Å². The highest BCUT2D eigenvalue weighted by atomic mass is 35.5. The number of benzene rings is 2. The third-order valence-corrected chi connectivity index (χ3v) is 8.18. The summed E-state index contributed by atoms with van der Waals surface area (Å²) in [7, 11) is 1.21. The number of nitrogens with zero attached hydrogens (tertiary/aromatic N) is 1. The number of amides is 3. The van der Waals surface area contributed by atoms with Crippen LogP contribution >= 0.6 is 35.0 Å². The first-order valence-corrected chi connectivity index (χ1v) is 13.2. The third kappa shape index (κ3) is 6.36. The first-order chi connectivity index (χ1) is 17.7. The van der Waals surface area contributed by atoms with Crippen molar-refractivity contribution in [3.63, 3.8) is 0 Å². The largest absolute Gasteiger partial charge is 0.467 e. The van der Waals surface area contributed by atoms with Crippen molar-refractivity contribution in [2.75, 3.05) is 12.4 Å². The topological polar surface area (TPSA) is 125 Å². The van der Waals surface area contributed by atoms with Crippen molar-refractivity contribution < 1.29 is 29.0 Å². The number of rotatable bonds is 7. The lowest BCUT2D eigenvalue weighted by atomic mass is 9.98. The number of carboxylic acid groups (broad SMARTS) is 1. The molecule has 0 bridgehead atoms. The smallest absolute Gasteiger partial charge is 0.409 e. The van der Waals surface area contributed by atoms with Crippen LogP contribution in [0, 0.1) is 0 Å². The second kappa shape index (κ2) is 11.4. The molecule has 1 heterocycles. The Morgan fingerprint density at radius 1 is 1.05 bits per heavy atom. The van der Waals surface area contributed by atoms with Gasteiger partial charge in [-0.05, 0) is 57.5 Å². The maximum Gasteiger partial charge on any atom is 0.409 e. The summed E-state index contributed by atoms with van der Waals surface area (Å²) < 4.78 is 4.15. The summed E-state index contributed by atoms with van der Waals surface area (Å²) >= 11 is 13.6. The lowest BCUT2D eigenvalue weighted by Crippen LogP contribution is -2.58. The zero-order valence-corrected chi connectivity index (χ0v) is 23.8. The minimum atomic E-state index is -1.22. The Kier molecular flexibility index (Phi) is 8.90. The van der Waals surface area contributed by atoms with Crippen molar-refractivity contribution in [3.8, 4) is 0 Å². The van der Waals surface area contributed by atoms with E-state index < -0.39 is 45.6 Å². The summed E-state index contributed by atoms with van der Waals surface area (Å²) in [4.78, 5) is 50.8. The van der Waals surface area contributed by atoms with Crippen LogP contribution in [0.3, 0.4) is 0 Å². The number of carbonyl (C=O) groups is 4. The molecule has 0 aromatic heterocycles. The van der Waals surface area contributed by atoms with Gasteiger partial charge in [0, 0.05) is 16.9 Å². The van der Waals surface area contributed by atoms with Crippen LogP contribution < -0.4 is 10.6 Å². The molecule has 1 saturated heterocycles. The Morgan fingerprint density at radius 3 is 2.16 bits per heavy atom. The molecule has 1 aliphatic heterocycles. The van der Waals surface area contributed by atoms with Crippen LogP contribution in [0.5, 0.6) is 0 Å². The summed E-state index contributed by atoms with van der Waals surface area (Å²) in [6.07, 6.45) is -1.14. The first kappa shape index (κ1) is 29.6. The molecule has 3 N–H and O–H groups in total. The number of ether oxygens (including phenoxy) is 1. The number of hydrogen-bond acceptors (Lipinski definition) is 6. The fourth-order valence-electron chi connectivity index (χ4n) is 4.60. The van der Waals surface area contributed by atoms with Gasteiger partial charge in [-0.25, -0.2) is 9.59 Å². The number of methoxy groups -OCH3 is 1. The number of anilines is 1. The van der Waals surface area contributed by atoms with Crippen molar-refractivity contribution in [3.05, 3.63) is 63.6 Å². The lowest BCUT2D eigenvalue weighted by molar-refractivity contribution is -0.145. The highest BCUT2D eigenvalue weighted by molar-refractivity contribution is 8.02. The summed E-state index contributed by atoms with van der Waals surface area (Å²) in [5.41, 5.74) is 1.29. The van der Waals surface area contributed by atoms with E-state index in [0.29, 0.717) is 11.3 Å². The third-order valence-electron chi connectivity index (χ3n) is 6.11. The average Bonchev–Trinajstić information content (AvgIpc) is 3.02. The lowest BCUT2D eigenvalue weighted by Gasteiger charge is -2.33. The molecule has 2 atom stereocenters. The number of hydrogen-bond donors (Lipinski definition) is 3. The summed E-state index contributed by atoms with van der Waals surface area (Å²) in [5, 5.41) is 15.7. The van der Waals surface area contributed by atoms with Crippen LogP contribution in [-0.4, -0.2) is 62.7 Å². The van der Waals surface area contributed by atoms with Crippen molar-refractivity contribution >= 4 is 64.5 Å². The van der Waals surface area contributed by atoms with E-state index in [1.165, 1.54) is 18.9 Å². The number of thioether (sulfide) groups is 1. The molecule has 0 spiro atoms.